The average Bonchev–Trinajstić information content (AvgIpc) is 2.77. The first-order chi connectivity index (χ1) is 17.3. The molecule has 0 bridgehead atoms. The Morgan fingerprint density at radius 3 is 2.59 bits per heavy atom. The van der Waals surface area contributed by atoms with E-state index in [0.717, 1.165) is 42.9 Å². The van der Waals surface area contributed by atoms with E-state index in [-0.39, 0.29) is 35.6 Å². The van der Waals surface area contributed by atoms with Crippen LogP contribution < -0.4 is 15.4 Å². The molecule has 1 aliphatic heterocycles. The smallest absolute Gasteiger partial charge is 0.218 e. The molecule has 2 aliphatic rings. The maximum atomic E-state index is 14.3. The van der Waals surface area contributed by atoms with Crippen LogP contribution in [0.15, 0.2) is 24.4 Å². The van der Waals surface area contributed by atoms with Gasteiger partial charge in [-0.15, -0.1) is 0 Å². The SMILES string of the molecule is CC(=O)N[C@@H](Cc1cc(F)cc(F)c1F)[C@H](O)CN[C@H]1CC2(CCC2)Oc2ncc(CC(C)(C)C)cc21. The lowest BCUT2D eigenvalue weighted by molar-refractivity contribution is -0.120. The van der Waals surface area contributed by atoms with Crippen molar-refractivity contribution in [1.82, 2.24) is 15.6 Å². The second kappa shape index (κ2) is 10.6. The van der Waals surface area contributed by atoms with E-state index in [2.05, 4.69) is 42.5 Å². The Labute approximate surface area is 216 Å². The maximum Gasteiger partial charge on any atom is 0.218 e. The fraction of sp³-hybridized carbons (Fsp3) is 0.571. The van der Waals surface area contributed by atoms with E-state index in [0.29, 0.717) is 18.4 Å². The largest absolute Gasteiger partial charge is 0.471 e. The molecular weight excluding hydrogens is 483 g/mol. The number of aliphatic hydroxyl groups excluding tert-OH is 1. The molecule has 1 spiro atoms. The van der Waals surface area contributed by atoms with Gasteiger partial charge >= 0.3 is 0 Å². The number of nitrogens with one attached hydrogen (secondary N) is 2. The number of pyridine rings is 1. The summed E-state index contributed by atoms with van der Waals surface area (Å²) in [6, 6.07) is 2.34. The number of ether oxygens (including phenoxy) is 1. The summed E-state index contributed by atoms with van der Waals surface area (Å²) in [5.41, 5.74) is 1.55. The minimum atomic E-state index is -1.31. The lowest BCUT2D eigenvalue weighted by atomic mass is 9.73. The number of rotatable bonds is 8. The number of fused-ring (bicyclic) bond motifs is 1. The molecule has 9 heteroatoms. The van der Waals surface area contributed by atoms with Gasteiger partial charge < -0.3 is 20.5 Å². The highest BCUT2D eigenvalue weighted by Crippen LogP contribution is 2.48. The molecule has 3 atom stereocenters. The van der Waals surface area contributed by atoms with Crippen LogP contribution in [0.5, 0.6) is 5.88 Å². The van der Waals surface area contributed by atoms with Gasteiger partial charge in [0.2, 0.25) is 11.8 Å². The Kier molecular flexibility index (Phi) is 7.85. The number of amides is 1. The monoisotopic (exact) mass is 519 g/mol. The molecule has 4 rings (SSSR count). The van der Waals surface area contributed by atoms with E-state index in [4.69, 9.17) is 4.74 Å². The Hall–Kier alpha value is -2.65. The molecule has 3 N–H and O–H groups in total. The quantitative estimate of drug-likeness (QED) is 0.447. The first-order valence-corrected chi connectivity index (χ1v) is 12.8. The van der Waals surface area contributed by atoms with Gasteiger partial charge in [0.25, 0.3) is 0 Å². The topological polar surface area (TPSA) is 83.5 Å². The van der Waals surface area contributed by atoms with Crippen molar-refractivity contribution in [2.75, 3.05) is 6.54 Å². The number of benzene rings is 1. The van der Waals surface area contributed by atoms with Crippen LogP contribution in [-0.4, -0.2) is 40.3 Å². The van der Waals surface area contributed by atoms with Crippen molar-refractivity contribution in [3.8, 4) is 5.88 Å². The highest BCUT2D eigenvalue weighted by molar-refractivity contribution is 5.73. The molecule has 2 heterocycles. The summed E-state index contributed by atoms with van der Waals surface area (Å²) in [7, 11) is 0. The second-order valence-electron chi connectivity index (χ2n) is 11.7. The molecule has 2 aromatic rings. The molecule has 6 nitrogen and oxygen atoms in total. The third-order valence-electron chi connectivity index (χ3n) is 7.13. The second-order valence-corrected chi connectivity index (χ2v) is 11.7. The van der Waals surface area contributed by atoms with Crippen LogP contribution in [0.4, 0.5) is 13.2 Å². The normalized spacial score (nSPS) is 19.9. The molecule has 202 valence electrons. The van der Waals surface area contributed by atoms with Crippen molar-refractivity contribution in [2.24, 2.45) is 5.41 Å². The summed E-state index contributed by atoms with van der Waals surface area (Å²) in [5.74, 6) is -3.29. The first-order valence-electron chi connectivity index (χ1n) is 12.8. The molecule has 0 unspecified atom stereocenters. The minimum Gasteiger partial charge on any atom is -0.471 e. The van der Waals surface area contributed by atoms with Crippen molar-refractivity contribution < 1.29 is 27.8 Å². The van der Waals surface area contributed by atoms with E-state index in [1.54, 1.807) is 0 Å². The Balaban J connectivity index is 1.53. The van der Waals surface area contributed by atoms with Crippen LogP contribution in [0.25, 0.3) is 0 Å². The molecule has 1 aromatic heterocycles. The summed E-state index contributed by atoms with van der Waals surface area (Å²) in [6.45, 7) is 7.82. The Morgan fingerprint density at radius 1 is 1.24 bits per heavy atom. The third-order valence-corrected chi connectivity index (χ3v) is 7.13. The number of aliphatic hydroxyl groups is 1. The van der Waals surface area contributed by atoms with Crippen LogP contribution in [0.1, 0.15) is 76.1 Å². The van der Waals surface area contributed by atoms with Crippen molar-refractivity contribution in [2.45, 2.75) is 90.0 Å². The van der Waals surface area contributed by atoms with Crippen molar-refractivity contribution in [3.05, 3.63) is 58.5 Å². The molecule has 1 fully saturated rings. The van der Waals surface area contributed by atoms with Crippen LogP contribution in [0.2, 0.25) is 0 Å². The molecular formula is C28H36F3N3O3. The number of hydrogen-bond donors (Lipinski definition) is 3. The molecule has 37 heavy (non-hydrogen) atoms. The number of nitrogens with zero attached hydrogens (tertiary/aromatic N) is 1. The predicted molar refractivity (Wildman–Crippen MR) is 134 cm³/mol. The van der Waals surface area contributed by atoms with Gasteiger partial charge in [-0.2, -0.15) is 0 Å². The maximum absolute atomic E-state index is 14.3. The van der Waals surface area contributed by atoms with Crippen LogP contribution in [0.3, 0.4) is 0 Å². The zero-order valence-corrected chi connectivity index (χ0v) is 21.8. The van der Waals surface area contributed by atoms with Crippen molar-refractivity contribution in [3.63, 3.8) is 0 Å². The molecule has 1 amide bonds. The first kappa shape index (κ1) is 27.4. The predicted octanol–water partition coefficient (Wildman–Crippen LogP) is 4.53. The average molecular weight is 520 g/mol. The number of halogens is 3. The molecule has 0 saturated heterocycles. The van der Waals surface area contributed by atoms with Crippen LogP contribution in [-0.2, 0) is 17.6 Å². The van der Waals surface area contributed by atoms with Gasteiger partial charge in [-0.1, -0.05) is 20.8 Å². The summed E-state index contributed by atoms with van der Waals surface area (Å²) in [5, 5.41) is 17.0. The van der Waals surface area contributed by atoms with Crippen LogP contribution in [0, 0.1) is 22.9 Å². The zero-order valence-electron chi connectivity index (χ0n) is 21.8. The van der Waals surface area contributed by atoms with E-state index in [1.165, 1.54) is 6.92 Å². The zero-order chi connectivity index (χ0) is 27.0. The lowest BCUT2D eigenvalue weighted by Gasteiger charge is -2.47. The van der Waals surface area contributed by atoms with E-state index in [9.17, 15) is 23.1 Å². The Morgan fingerprint density at radius 2 is 1.97 bits per heavy atom. The van der Waals surface area contributed by atoms with Gasteiger partial charge in [0.05, 0.1) is 12.1 Å². The number of hydrogen-bond acceptors (Lipinski definition) is 5. The minimum absolute atomic E-state index is 0.0635. The number of carbonyl (C=O) groups is 1. The van der Waals surface area contributed by atoms with Gasteiger partial charge in [-0.3, -0.25) is 4.79 Å². The molecule has 0 radical (unpaired) electrons. The summed E-state index contributed by atoms with van der Waals surface area (Å²) >= 11 is 0. The third kappa shape index (κ3) is 6.62. The standard InChI is InChI=1S/C28H36F3N3O3/c1-16(35)34-22(10-18-9-19(29)11-21(30)25(18)31)24(36)15-32-23-13-28(6-5-7-28)37-26-20(23)8-17(14-33-26)12-27(2,3)4/h8-9,11,14,22-24,32,36H,5-7,10,12-13,15H2,1-4H3,(H,34,35)/t22-,23-,24+/m0/s1. The van der Waals surface area contributed by atoms with E-state index in [1.807, 2.05) is 6.20 Å². The molecule has 1 aliphatic carbocycles. The summed E-state index contributed by atoms with van der Waals surface area (Å²) in [6.07, 6.45) is 4.92. The fourth-order valence-electron chi connectivity index (χ4n) is 5.29. The molecule has 1 aromatic carbocycles. The molecule has 1 saturated carbocycles. The van der Waals surface area contributed by atoms with Gasteiger partial charge in [0, 0.05) is 43.8 Å². The number of aromatic nitrogens is 1. The summed E-state index contributed by atoms with van der Waals surface area (Å²) in [4.78, 5) is 16.4. The van der Waals surface area contributed by atoms with E-state index >= 15 is 0 Å². The van der Waals surface area contributed by atoms with Gasteiger partial charge in [0.1, 0.15) is 11.4 Å². The van der Waals surface area contributed by atoms with Crippen molar-refractivity contribution >= 4 is 5.91 Å². The number of carbonyl (C=O) groups excluding carboxylic acids is 1. The van der Waals surface area contributed by atoms with Crippen molar-refractivity contribution in [1.29, 1.82) is 0 Å². The highest BCUT2D eigenvalue weighted by atomic mass is 19.2. The lowest BCUT2D eigenvalue weighted by Crippen LogP contribution is -2.52. The Bertz CT molecular complexity index is 1150. The van der Waals surface area contributed by atoms with Gasteiger partial charge in [0.15, 0.2) is 11.6 Å². The van der Waals surface area contributed by atoms with Gasteiger partial charge in [-0.25, -0.2) is 18.2 Å². The van der Waals surface area contributed by atoms with E-state index < -0.39 is 35.5 Å². The fourth-order valence-corrected chi connectivity index (χ4v) is 5.29. The summed E-state index contributed by atoms with van der Waals surface area (Å²) < 4.78 is 48.1. The van der Waals surface area contributed by atoms with Crippen LogP contribution >= 0.6 is 0 Å². The highest BCUT2D eigenvalue weighted by Gasteiger charge is 2.46. The van der Waals surface area contributed by atoms with Gasteiger partial charge in [-0.05, 0) is 60.8 Å².